The molecule has 2 rings (SSSR count). The molecule has 1 fully saturated rings. The third-order valence-corrected chi connectivity index (χ3v) is 4.16. The van der Waals surface area contributed by atoms with Gasteiger partial charge < -0.3 is 10.6 Å². The molecular formula is C16H23N3O3. The molecule has 0 radical (unpaired) electrons. The number of rotatable bonds is 3. The van der Waals surface area contributed by atoms with Crippen LogP contribution >= 0.6 is 0 Å². The summed E-state index contributed by atoms with van der Waals surface area (Å²) in [6, 6.07) is 4.81. The smallest absolute Gasteiger partial charge is 0.273 e. The van der Waals surface area contributed by atoms with E-state index in [4.69, 9.17) is 5.73 Å². The van der Waals surface area contributed by atoms with Crippen molar-refractivity contribution >= 4 is 11.6 Å². The molecule has 0 saturated carbocycles. The second-order valence-electron chi connectivity index (χ2n) is 6.77. The second-order valence-corrected chi connectivity index (χ2v) is 6.77. The van der Waals surface area contributed by atoms with Crippen LogP contribution in [0.3, 0.4) is 0 Å². The molecule has 0 aliphatic carbocycles. The molecule has 0 aromatic heterocycles. The zero-order chi connectivity index (χ0) is 16.5. The zero-order valence-corrected chi connectivity index (χ0v) is 13.3. The van der Waals surface area contributed by atoms with E-state index >= 15 is 0 Å². The minimum absolute atomic E-state index is 0.00171. The molecule has 6 heteroatoms. The van der Waals surface area contributed by atoms with Crippen molar-refractivity contribution in [1.82, 2.24) is 4.90 Å². The molecule has 1 aromatic rings. The Bertz CT molecular complexity index is 593. The summed E-state index contributed by atoms with van der Waals surface area (Å²) in [6.45, 7) is 6.84. The highest BCUT2D eigenvalue weighted by Crippen LogP contribution is 2.32. The van der Waals surface area contributed by atoms with Crippen LogP contribution in [0.25, 0.3) is 0 Å². The summed E-state index contributed by atoms with van der Waals surface area (Å²) in [4.78, 5) is 25.3. The van der Waals surface area contributed by atoms with Crippen molar-refractivity contribution in [2.75, 3.05) is 13.1 Å². The normalized spacial score (nSPS) is 18.5. The van der Waals surface area contributed by atoms with E-state index in [0.717, 1.165) is 12.8 Å². The van der Waals surface area contributed by atoms with Gasteiger partial charge in [-0.3, -0.25) is 14.9 Å². The number of likely N-dealkylation sites (tertiary alicyclic amines) is 1. The van der Waals surface area contributed by atoms with Crippen LogP contribution in [0.4, 0.5) is 5.69 Å². The van der Waals surface area contributed by atoms with Gasteiger partial charge in [0.15, 0.2) is 0 Å². The summed E-state index contributed by atoms with van der Waals surface area (Å²) in [5.74, 6) is -0.170. The van der Waals surface area contributed by atoms with E-state index in [-0.39, 0.29) is 23.1 Å². The van der Waals surface area contributed by atoms with Gasteiger partial charge in [-0.2, -0.15) is 0 Å². The fourth-order valence-corrected chi connectivity index (χ4v) is 2.96. The minimum atomic E-state index is -0.415. The SMILES string of the molecule is CC(C)(C)c1ccc(C(=O)N2CCCC2CN)cc1[N+](=O)[O-]. The molecular weight excluding hydrogens is 282 g/mol. The Morgan fingerprint density at radius 1 is 1.45 bits per heavy atom. The van der Waals surface area contributed by atoms with Gasteiger partial charge in [-0.15, -0.1) is 0 Å². The summed E-state index contributed by atoms with van der Waals surface area (Å²) >= 11 is 0. The topological polar surface area (TPSA) is 89.5 Å². The van der Waals surface area contributed by atoms with Crippen molar-refractivity contribution in [2.24, 2.45) is 5.73 Å². The van der Waals surface area contributed by atoms with Crippen molar-refractivity contribution in [3.05, 3.63) is 39.4 Å². The fourth-order valence-electron chi connectivity index (χ4n) is 2.96. The second kappa shape index (κ2) is 6.04. The Morgan fingerprint density at radius 2 is 2.14 bits per heavy atom. The van der Waals surface area contributed by atoms with Crippen LogP contribution in [0.5, 0.6) is 0 Å². The summed E-state index contributed by atoms with van der Waals surface area (Å²) in [7, 11) is 0. The summed E-state index contributed by atoms with van der Waals surface area (Å²) in [5.41, 5.74) is 6.34. The van der Waals surface area contributed by atoms with Crippen LogP contribution < -0.4 is 5.73 Å². The number of hydrogen-bond acceptors (Lipinski definition) is 4. The van der Waals surface area contributed by atoms with Gasteiger partial charge in [-0.1, -0.05) is 26.8 Å². The van der Waals surface area contributed by atoms with Gasteiger partial charge in [0.05, 0.1) is 4.92 Å². The van der Waals surface area contributed by atoms with Crippen molar-refractivity contribution in [3.63, 3.8) is 0 Å². The molecule has 120 valence electrons. The number of benzene rings is 1. The first-order valence-corrected chi connectivity index (χ1v) is 7.55. The van der Waals surface area contributed by atoms with Crippen molar-refractivity contribution in [2.45, 2.75) is 45.1 Å². The lowest BCUT2D eigenvalue weighted by Crippen LogP contribution is -2.39. The monoisotopic (exact) mass is 305 g/mol. The van der Waals surface area contributed by atoms with Crippen LogP contribution in [-0.4, -0.2) is 34.9 Å². The third kappa shape index (κ3) is 3.11. The Hall–Kier alpha value is -1.95. The molecule has 2 N–H and O–H groups in total. The summed E-state index contributed by atoms with van der Waals surface area (Å²) in [5, 5.41) is 11.3. The molecule has 6 nitrogen and oxygen atoms in total. The molecule has 1 unspecified atom stereocenters. The van der Waals surface area contributed by atoms with Crippen molar-refractivity contribution in [3.8, 4) is 0 Å². The van der Waals surface area contributed by atoms with E-state index in [9.17, 15) is 14.9 Å². The summed E-state index contributed by atoms with van der Waals surface area (Å²) in [6.07, 6.45) is 1.82. The van der Waals surface area contributed by atoms with Gasteiger partial charge in [0.1, 0.15) is 0 Å². The number of nitrogens with two attached hydrogens (primary N) is 1. The largest absolute Gasteiger partial charge is 0.334 e. The van der Waals surface area contributed by atoms with Gasteiger partial charge in [-0.25, -0.2) is 0 Å². The molecule has 1 atom stereocenters. The lowest BCUT2D eigenvalue weighted by Gasteiger charge is -2.24. The first-order valence-electron chi connectivity index (χ1n) is 7.55. The van der Waals surface area contributed by atoms with Crippen molar-refractivity contribution < 1.29 is 9.72 Å². The summed E-state index contributed by atoms with van der Waals surface area (Å²) < 4.78 is 0. The van der Waals surface area contributed by atoms with Crippen LogP contribution in [0.15, 0.2) is 18.2 Å². The van der Waals surface area contributed by atoms with Gasteiger partial charge in [0.2, 0.25) is 0 Å². The first-order chi connectivity index (χ1) is 10.3. The lowest BCUT2D eigenvalue weighted by atomic mass is 9.85. The molecule has 22 heavy (non-hydrogen) atoms. The fraction of sp³-hybridized carbons (Fsp3) is 0.562. The first kappa shape index (κ1) is 16.4. The quantitative estimate of drug-likeness (QED) is 0.686. The highest BCUT2D eigenvalue weighted by molar-refractivity contribution is 5.95. The minimum Gasteiger partial charge on any atom is -0.334 e. The predicted octanol–water partition coefficient (Wildman–Crippen LogP) is 2.46. The molecule has 1 aliphatic rings. The Labute approximate surface area is 130 Å². The number of nitro groups is 1. The average molecular weight is 305 g/mol. The average Bonchev–Trinajstić information content (AvgIpc) is 2.93. The molecule has 1 saturated heterocycles. The maximum atomic E-state index is 12.6. The number of nitrogens with zero attached hydrogens (tertiary/aromatic N) is 2. The van der Waals surface area contributed by atoms with Gasteiger partial charge >= 0.3 is 0 Å². The van der Waals surface area contributed by atoms with E-state index < -0.39 is 4.92 Å². The Balaban J connectivity index is 2.39. The van der Waals surface area contributed by atoms with E-state index in [2.05, 4.69) is 0 Å². The number of amides is 1. The molecule has 1 aliphatic heterocycles. The van der Waals surface area contributed by atoms with E-state index in [1.807, 2.05) is 20.8 Å². The van der Waals surface area contributed by atoms with Crippen LogP contribution in [0, 0.1) is 10.1 Å². The van der Waals surface area contributed by atoms with Crippen LogP contribution in [0.2, 0.25) is 0 Å². The molecule has 1 amide bonds. The number of carbonyl (C=O) groups is 1. The molecule has 1 aromatic carbocycles. The Morgan fingerprint density at radius 3 is 2.68 bits per heavy atom. The maximum Gasteiger partial charge on any atom is 0.273 e. The van der Waals surface area contributed by atoms with Gasteiger partial charge in [0, 0.05) is 36.3 Å². The van der Waals surface area contributed by atoms with Gasteiger partial charge in [0.25, 0.3) is 11.6 Å². The maximum absolute atomic E-state index is 12.6. The number of carbonyl (C=O) groups excluding carboxylic acids is 1. The molecule has 0 spiro atoms. The molecule has 0 bridgehead atoms. The molecule has 1 heterocycles. The number of nitro benzene ring substituents is 1. The van der Waals surface area contributed by atoms with E-state index in [1.165, 1.54) is 6.07 Å². The standard InChI is InChI=1S/C16H23N3O3/c1-16(2,3)13-7-6-11(9-14(13)19(21)22)15(20)18-8-4-5-12(18)10-17/h6-7,9,12H,4-5,8,10,17H2,1-3H3. The van der Waals surface area contributed by atoms with Crippen LogP contribution in [-0.2, 0) is 5.41 Å². The Kier molecular flexibility index (Phi) is 4.51. The van der Waals surface area contributed by atoms with Gasteiger partial charge in [-0.05, 0) is 24.3 Å². The predicted molar refractivity (Wildman–Crippen MR) is 84.9 cm³/mol. The zero-order valence-electron chi connectivity index (χ0n) is 13.3. The highest BCUT2D eigenvalue weighted by Gasteiger charge is 2.31. The van der Waals surface area contributed by atoms with Crippen molar-refractivity contribution in [1.29, 1.82) is 0 Å². The highest BCUT2D eigenvalue weighted by atomic mass is 16.6. The van der Waals surface area contributed by atoms with E-state index in [1.54, 1.807) is 17.0 Å². The third-order valence-electron chi connectivity index (χ3n) is 4.16. The van der Waals surface area contributed by atoms with E-state index in [0.29, 0.717) is 24.2 Å². The van der Waals surface area contributed by atoms with Crippen LogP contribution in [0.1, 0.15) is 49.5 Å². The lowest BCUT2D eigenvalue weighted by molar-refractivity contribution is -0.386. The number of hydrogen-bond donors (Lipinski definition) is 1.